The second kappa shape index (κ2) is 6.86. The Morgan fingerprint density at radius 1 is 1.25 bits per heavy atom. The molecular formula is C18H20FN3O2. The van der Waals surface area contributed by atoms with Crippen LogP contribution < -0.4 is 10.9 Å². The number of H-pyrrole nitrogens is 1. The second-order valence-electron chi connectivity index (χ2n) is 6.13. The SMILES string of the molecule is Cc1ccc(C(=O)N2CCC[C@@H](Nc3ccc(F)cc3)C2)c(=O)[nH]1. The van der Waals surface area contributed by atoms with E-state index in [1.807, 2.05) is 0 Å². The summed E-state index contributed by atoms with van der Waals surface area (Å²) in [5.41, 5.74) is 1.37. The van der Waals surface area contributed by atoms with E-state index in [0.717, 1.165) is 24.2 Å². The normalized spacial score (nSPS) is 17.6. The van der Waals surface area contributed by atoms with Crippen LogP contribution in [0.2, 0.25) is 0 Å². The highest BCUT2D eigenvalue weighted by atomic mass is 19.1. The number of aromatic nitrogens is 1. The van der Waals surface area contributed by atoms with Crippen molar-refractivity contribution in [3.63, 3.8) is 0 Å². The van der Waals surface area contributed by atoms with Crippen LogP contribution >= 0.6 is 0 Å². The number of nitrogens with zero attached hydrogens (tertiary/aromatic N) is 1. The Balaban J connectivity index is 1.69. The molecule has 0 spiro atoms. The van der Waals surface area contributed by atoms with E-state index in [1.54, 1.807) is 36.1 Å². The Morgan fingerprint density at radius 3 is 2.71 bits per heavy atom. The van der Waals surface area contributed by atoms with Gasteiger partial charge in [0.15, 0.2) is 0 Å². The molecule has 1 aromatic heterocycles. The lowest BCUT2D eigenvalue weighted by Gasteiger charge is -2.33. The van der Waals surface area contributed by atoms with Gasteiger partial charge < -0.3 is 15.2 Å². The maximum absolute atomic E-state index is 13.0. The zero-order chi connectivity index (χ0) is 17.1. The lowest BCUT2D eigenvalue weighted by Crippen LogP contribution is -2.46. The average Bonchev–Trinajstić information content (AvgIpc) is 2.57. The van der Waals surface area contributed by atoms with Gasteiger partial charge in [-0.2, -0.15) is 0 Å². The molecule has 5 nitrogen and oxygen atoms in total. The summed E-state index contributed by atoms with van der Waals surface area (Å²) >= 11 is 0. The van der Waals surface area contributed by atoms with Gasteiger partial charge >= 0.3 is 0 Å². The molecule has 6 heteroatoms. The van der Waals surface area contributed by atoms with Crippen LogP contribution in [0.3, 0.4) is 0 Å². The van der Waals surface area contributed by atoms with Gasteiger partial charge in [0.05, 0.1) is 0 Å². The van der Waals surface area contributed by atoms with Crippen LogP contribution in [-0.4, -0.2) is 34.9 Å². The molecule has 0 aliphatic carbocycles. The molecule has 1 aliphatic heterocycles. The van der Waals surface area contributed by atoms with E-state index in [1.165, 1.54) is 12.1 Å². The maximum Gasteiger partial charge on any atom is 0.260 e. The number of anilines is 1. The predicted octanol–water partition coefficient (Wildman–Crippen LogP) is 2.54. The third-order valence-electron chi connectivity index (χ3n) is 4.21. The summed E-state index contributed by atoms with van der Waals surface area (Å²) in [5.74, 6) is -0.526. The molecule has 1 aromatic carbocycles. The number of carbonyl (C=O) groups is 1. The van der Waals surface area contributed by atoms with Gasteiger partial charge in [0.2, 0.25) is 0 Å². The van der Waals surface area contributed by atoms with Gasteiger partial charge in [0.25, 0.3) is 11.5 Å². The zero-order valence-corrected chi connectivity index (χ0v) is 13.5. The predicted molar refractivity (Wildman–Crippen MR) is 90.7 cm³/mol. The highest BCUT2D eigenvalue weighted by molar-refractivity contribution is 5.94. The van der Waals surface area contributed by atoms with Crippen molar-refractivity contribution in [3.8, 4) is 0 Å². The van der Waals surface area contributed by atoms with Crippen molar-refractivity contribution < 1.29 is 9.18 Å². The van der Waals surface area contributed by atoms with E-state index in [2.05, 4.69) is 10.3 Å². The Hall–Kier alpha value is -2.63. The number of aromatic amines is 1. The number of likely N-dealkylation sites (tertiary alicyclic amines) is 1. The summed E-state index contributed by atoms with van der Waals surface area (Å²) in [5, 5.41) is 3.32. The van der Waals surface area contributed by atoms with Crippen LogP contribution in [0.4, 0.5) is 10.1 Å². The van der Waals surface area contributed by atoms with E-state index in [9.17, 15) is 14.0 Å². The van der Waals surface area contributed by atoms with Crippen LogP contribution in [0.25, 0.3) is 0 Å². The lowest BCUT2D eigenvalue weighted by atomic mass is 10.0. The molecular weight excluding hydrogens is 309 g/mol. The summed E-state index contributed by atoms with van der Waals surface area (Å²) in [6.45, 7) is 2.93. The fourth-order valence-electron chi connectivity index (χ4n) is 2.97. The number of nitrogens with one attached hydrogen (secondary N) is 2. The molecule has 2 heterocycles. The van der Waals surface area contributed by atoms with Gasteiger partial charge in [0, 0.05) is 30.5 Å². The third-order valence-corrected chi connectivity index (χ3v) is 4.21. The molecule has 1 amide bonds. The van der Waals surface area contributed by atoms with Crippen LogP contribution in [0.15, 0.2) is 41.2 Å². The Morgan fingerprint density at radius 2 is 2.00 bits per heavy atom. The number of halogens is 1. The molecule has 1 atom stereocenters. The number of pyridine rings is 1. The zero-order valence-electron chi connectivity index (χ0n) is 13.5. The minimum atomic E-state index is -0.353. The number of hydrogen-bond donors (Lipinski definition) is 2. The second-order valence-corrected chi connectivity index (χ2v) is 6.13. The van der Waals surface area contributed by atoms with Gasteiger partial charge in [0.1, 0.15) is 11.4 Å². The summed E-state index contributed by atoms with van der Waals surface area (Å²) in [6, 6.07) is 9.56. The number of benzene rings is 1. The Labute approximate surface area is 139 Å². The summed E-state index contributed by atoms with van der Waals surface area (Å²) in [4.78, 5) is 28.9. The van der Waals surface area contributed by atoms with Gasteiger partial charge in [-0.1, -0.05) is 0 Å². The average molecular weight is 329 g/mol. The number of carbonyl (C=O) groups excluding carboxylic acids is 1. The van der Waals surface area contributed by atoms with Crippen molar-refractivity contribution in [2.45, 2.75) is 25.8 Å². The first-order chi connectivity index (χ1) is 11.5. The number of aryl methyl sites for hydroxylation is 1. The van der Waals surface area contributed by atoms with E-state index < -0.39 is 0 Å². The highest BCUT2D eigenvalue weighted by Crippen LogP contribution is 2.17. The third kappa shape index (κ3) is 3.64. The first kappa shape index (κ1) is 16.2. The van der Waals surface area contributed by atoms with E-state index >= 15 is 0 Å². The van der Waals surface area contributed by atoms with Crippen molar-refractivity contribution in [1.29, 1.82) is 0 Å². The molecule has 0 unspecified atom stereocenters. The van der Waals surface area contributed by atoms with Crippen LogP contribution in [0, 0.1) is 12.7 Å². The topological polar surface area (TPSA) is 65.2 Å². The fraction of sp³-hybridized carbons (Fsp3) is 0.333. The first-order valence-corrected chi connectivity index (χ1v) is 8.04. The monoisotopic (exact) mass is 329 g/mol. The van der Waals surface area contributed by atoms with Crippen LogP contribution in [0.1, 0.15) is 28.9 Å². The highest BCUT2D eigenvalue weighted by Gasteiger charge is 2.25. The van der Waals surface area contributed by atoms with Crippen LogP contribution in [-0.2, 0) is 0 Å². The number of piperidine rings is 1. The summed E-state index contributed by atoms with van der Waals surface area (Å²) in [6.07, 6.45) is 1.78. The van der Waals surface area contributed by atoms with Gasteiger partial charge in [-0.05, 0) is 56.2 Å². The van der Waals surface area contributed by atoms with Gasteiger partial charge in [-0.3, -0.25) is 9.59 Å². The standard InChI is InChI=1S/C18H20FN3O2/c1-12-4-9-16(17(23)20-12)18(24)22-10-2-3-15(11-22)21-14-7-5-13(19)6-8-14/h4-9,15,21H,2-3,10-11H2,1H3,(H,20,23)/t15-/m1/s1. The molecule has 0 saturated carbocycles. The van der Waals surface area contributed by atoms with Crippen molar-refractivity contribution >= 4 is 11.6 Å². The van der Waals surface area contributed by atoms with E-state index in [0.29, 0.717) is 13.1 Å². The molecule has 24 heavy (non-hydrogen) atoms. The smallest absolute Gasteiger partial charge is 0.260 e. The molecule has 1 aliphatic rings. The van der Waals surface area contributed by atoms with E-state index in [4.69, 9.17) is 0 Å². The quantitative estimate of drug-likeness (QED) is 0.909. The minimum Gasteiger partial charge on any atom is -0.381 e. The largest absolute Gasteiger partial charge is 0.381 e. The molecule has 2 N–H and O–H groups in total. The molecule has 1 fully saturated rings. The molecule has 0 bridgehead atoms. The van der Waals surface area contributed by atoms with Gasteiger partial charge in [-0.15, -0.1) is 0 Å². The summed E-state index contributed by atoms with van der Waals surface area (Å²) < 4.78 is 13.0. The fourth-order valence-corrected chi connectivity index (χ4v) is 2.97. The molecule has 3 rings (SSSR count). The Bertz CT molecular complexity index is 786. The van der Waals surface area contributed by atoms with Crippen molar-refractivity contribution in [2.75, 3.05) is 18.4 Å². The van der Waals surface area contributed by atoms with Crippen molar-refractivity contribution in [1.82, 2.24) is 9.88 Å². The maximum atomic E-state index is 13.0. The van der Waals surface area contributed by atoms with Crippen LogP contribution in [0.5, 0.6) is 0 Å². The Kier molecular flexibility index (Phi) is 4.64. The number of amides is 1. The molecule has 1 saturated heterocycles. The first-order valence-electron chi connectivity index (χ1n) is 8.04. The molecule has 0 radical (unpaired) electrons. The number of hydrogen-bond acceptors (Lipinski definition) is 3. The minimum absolute atomic E-state index is 0.0812. The van der Waals surface area contributed by atoms with Gasteiger partial charge in [-0.25, -0.2) is 4.39 Å². The molecule has 2 aromatic rings. The number of rotatable bonds is 3. The van der Waals surface area contributed by atoms with Crippen molar-refractivity contribution in [2.24, 2.45) is 0 Å². The van der Waals surface area contributed by atoms with Crippen molar-refractivity contribution in [3.05, 3.63) is 63.8 Å². The molecule has 126 valence electrons. The van der Waals surface area contributed by atoms with E-state index in [-0.39, 0.29) is 28.9 Å². The lowest BCUT2D eigenvalue weighted by molar-refractivity contribution is 0.0713. The summed E-state index contributed by atoms with van der Waals surface area (Å²) in [7, 11) is 0.